The van der Waals surface area contributed by atoms with Gasteiger partial charge in [0.15, 0.2) is 0 Å². The van der Waals surface area contributed by atoms with Crippen molar-refractivity contribution in [2.45, 2.75) is 13.8 Å². The van der Waals surface area contributed by atoms with Gasteiger partial charge in [0.05, 0.1) is 11.4 Å². The van der Waals surface area contributed by atoms with Crippen molar-refractivity contribution >= 4 is 5.70 Å². The Hall–Kier alpha value is -1.57. The minimum absolute atomic E-state index is 0.966. The number of hydrogen-bond donors (Lipinski definition) is 0. The van der Waals surface area contributed by atoms with Gasteiger partial charge in [-0.2, -0.15) is 0 Å². The fourth-order valence-electron chi connectivity index (χ4n) is 1.71. The number of pyridine rings is 1. The van der Waals surface area contributed by atoms with Crippen LogP contribution in [0.15, 0.2) is 36.1 Å². The van der Waals surface area contributed by atoms with Crippen LogP contribution in [0.2, 0.25) is 0 Å². The molecule has 0 atom stereocenters. The molecule has 2 nitrogen and oxygen atoms in total. The van der Waals surface area contributed by atoms with E-state index in [1.807, 2.05) is 12.3 Å². The van der Waals surface area contributed by atoms with E-state index < -0.39 is 0 Å². The molecule has 78 valence electrons. The second kappa shape index (κ2) is 3.89. The van der Waals surface area contributed by atoms with Crippen LogP contribution in [0.5, 0.6) is 0 Å². The number of nitrogens with zero attached hydrogens (tertiary/aromatic N) is 2. The number of hydrogen-bond acceptors (Lipinski definition) is 2. The van der Waals surface area contributed by atoms with E-state index in [1.54, 1.807) is 0 Å². The summed E-state index contributed by atoms with van der Waals surface area (Å²) in [5.41, 5.74) is 4.83. The van der Waals surface area contributed by atoms with Gasteiger partial charge >= 0.3 is 0 Å². The highest BCUT2D eigenvalue weighted by atomic mass is 15.1. The van der Waals surface area contributed by atoms with Gasteiger partial charge in [-0.25, -0.2) is 0 Å². The van der Waals surface area contributed by atoms with Gasteiger partial charge in [0, 0.05) is 19.8 Å². The Morgan fingerprint density at radius 3 is 2.87 bits per heavy atom. The average molecular weight is 200 g/mol. The molecule has 2 heterocycles. The predicted octanol–water partition coefficient (Wildman–Crippen LogP) is 2.62. The molecule has 2 rings (SSSR count). The number of aromatic nitrogens is 1. The monoisotopic (exact) mass is 200 g/mol. The molecule has 15 heavy (non-hydrogen) atoms. The maximum atomic E-state index is 4.41. The van der Waals surface area contributed by atoms with E-state index in [1.165, 1.54) is 16.8 Å². The van der Waals surface area contributed by atoms with E-state index in [0.29, 0.717) is 0 Å². The Bertz CT molecular complexity index is 430. The maximum Gasteiger partial charge on any atom is 0.0865 e. The van der Waals surface area contributed by atoms with Gasteiger partial charge in [-0.15, -0.1) is 0 Å². The fraction of sp³-hybridized carbons (Fsp3) is 0.308. The van der Waals surface area contributed by atoms with Crippen molar-refractivity contribution in [2.24, 2.45) is 0 Å². The molecule has 0 spiro atoms. The highest BCUT2D eigenvalue weighted by molar-refractivity contribution is 5.65. The molecule has 1 aromatic rings. The third-order valence-corrected chi connectivity index (χ3v) is 2.64. The summed E-state index contributed by atoms with van der Waals surface area (Å²) in [5.74, 6) is 0. The summed E-state index contributed by atoms with van der Waals surface area (Å²) >= 11 is 0. The first-order chi connectivity index (χ1) is 7.16. The highest BCUT2D eigenvalue weighted by Crippen LogP contribution is 2.21. The molecule has 0 fully saturated rings. The molecule has 0 saturated carbocycles. The van der Waals surface area contributed by atoms with Crippen LogP contribution in [0.25, 0.3) is 5.70 Å². The van der Waals surface area contributed by atoms with Crippen LogP contribution in [0, 0.1) is 6.92 Å². The quantitative estimate of drug-likeness (QED) is 0.692. The highest BCUT2D eigenvalue weighted by Gasteiger charge is 2.11. The lowest BCUT2D eigenvalue weighted by Crippen LogP contribution is -2.20. The fourth-order valence-corrected chi connectivity index (χ4v) is 1.71. The smallest absolute Gasteiger partial charge is 0.0865 e. The van der Waals surface area contributed by atoms with Gasteiger partial charge in [0.25, 0.3) is 0 Å². The zero-order valence-electron chi connectivity index (χ0n) is 9.49. The number of aryl methyl sites for hydroxylation is 1. The first-order valence-electron chi connectivity index (χ1n) is 5.19. The van der Waals surface area contributed by atoms with Crippen LogP contribution in [0.4, 0.5) is 0 Å². The van der Waals surface area contributed by atoms with Crippen LogP contribution in [0.3, 0.4) is 0 Å². The Morgan fingerprint density at radius 2 is 2.13 bits per heavy atom. The minimum atomic E-state index is 0.966. The molecule has 0 radical (unpaired) electrons. The molecule has 1 aromatic heterocycles. The lowest BCUT2D eigenvalue weighted by atomic mass is 10.1. The van der Waals surface area contributed by atoms with E-state index in [2.05, 4.69) is 49.0 Å². The topological polar surface area (TPSA) is 16.1 Å². The number of allylic oxidation sites excluding steroid dienone is 2. The molecule has 2 heteroatoms. The summed E-state index contributed by atoms with van der Waals surface area (Å²) in [6.45, 7) is 5.19. The van der Waals surface area contributed by atoms with Crippen LogP contribution < -0.4 is 0 Å². The van der Waals surface area contributed by atoms with E-state index in [9.17, 15) is 0 Å². The van der Waals surface area contributed by atoms with Crippen molar-refractivity contribution in [2.75, 3.05) is 13.6 Å². The number of rotatable bonds is 1. The Labute approximate surface area is 90.9 Å². The van der Waals surface area contributed by atoms with Crippen molar-refractivity contribution in [1.82, 2.24) is 9.88 Å². The van der Waals surface area contributed by atoms with Crippen LogP contribution in [-0.2, 0) is 0 Å². The SMILES string of the molecule is CC1=CCN(C)C(c2cc(C)ccn2)=C1. The molecule has 0 amide bonds. The molecule has 0 aromatic carbocycles. The van der Waals surface area contributed by atoms with Crippen molar-refractivity contribution < 1.29 is 0 Å². The predicted molar refractivity (Wildman–Crippen MR) is 63.3 cm³/mol. The molecular formula is C13H16N2. The molecule has 0 N–H and O–H groups in total. The van der Waals surface area contributed by atoms with Crippen molar-refractivity contribution in [3.05, 3.63) is 47.3 Å². The Kier molecular flexibility index (Phi) is 2.58. The summed E-state index contributed by atoms with van der Waals surface area (Å²) < 4.78 is 0. The van der Waals surface area contributed by atoms with E-state index in [-0.39, 0.29) is 0 Å². The zero-order valence-corrected chi connectivity index (χ0v) is 9.49. The lowest BCUT2D eigenvalue weighted by molar-refractivity contribution is 0.526. The minimum Gasteiger partial charge on any atom is -0.369 e. The van der Waals surface area contributed by atoms with Crippen molar-refractivity contribution in [1.29, 1.82) is 0 Å². The maximum absolute atomic E-state index is 4.41. The van der Waals surface area contributed by atoms with Gasteiger partial charge in [0.1, 0.15) is 0 Å². The number of likely N-dealkylation sites (N-methyl/N-ethyl adjacent to an activating group) is 1. The standard InChI is InChI=1S/C13H16N2/c1-10-4-6-14-12(8-10)13-9-11(2)5-7-15(13)3/h4-6,8-9H,7H2,1-3H3. The summed E-state index contributed by atoms with van der Waals surface area (Å²) in [5, 5.41) is 0. The molecule has 1 aliphatic rings. The van der Waals surface area contributed by atoms with Crippen molar-refractivity contribution in [3.8, 4) is 0 Å². The molecule has 0 bridgehead atoms. The normalized spacial score (nSPS) is 16.1. The Morgan fingerprint density at radius 1 is 1.33 bits per heavy atom. The van der Waals surface area contributed by atoms with Crippen LogP contribution >= 0.6 is 0 Å². The Balaban J connectivity index is 2.41. The van der Waals surface area contributed by atoms with E-state index >= 15 is 0 Å². The second-order valence-electron chi connectivity index (χ2n) is 4.08. The average Bonchev–Trinajstić information content (AvgIpc) is 2.22. The summed E-state index contributed by atoms with van der Waals surface area (Å²) in [6, 6.07) is 4.15. The molecular weight excluding hydrogens is 184 g/mol. The largest absolute Gasteiger partial charge is 0.369 e. The second-order valence-corrected chi connectivity index (χ2v) is 4.08. The van der Waals surface area contributed by atoms with E-state index in [0.717, 1.165) is 12.2 Å². The lowest BCUT2D eigenvalue weighted by Gasteiger charge is -2.24. The molecule has 0 aliphatic carbocycles. The summed E-state index contributed by atoms with van der Waals surface area (Å²) in [6.07, 6.45) is 6.28. The zero-order chi connectivity index (χ0) is 10.8. The summed E-state index contributed by atoms with van der Waals surface area (Å²) in [7, 11) is 2.10. The summed E-state index contributed by atoms with van der Waals surface area (Å²) in [4.78, 5) is 6.63. The van der Waals surface area contributed by atoms with Gasteiger partial charge < -0.3 is 4.90 Å². The molecule has 0 saturated heterocycles. The molecule has 0 unspecified atom stereocenters. The van der Waals surface area contributed by atoms with Crippen LogP contribution in [-0.4, -0.2) is 23.5 Å². The van der Waals surface area contributed by atoms with Gasteiger partial charge in [0.2, 0.25) is 0 Å². The van der Waals surface area contributed by atoms with Gasteiger partial charge in [-0.3, -0.25) is 4.98 Å². The molecule has 1 aliphatic heterocycles. The van der Waals surface area contributed by atoms with Crippen LogP contribution in [0.1, 0.15) is 18.2 Å². The van der Waals surface area contributed by atoms with E-state index in [4.69, 9.17) is 0 Å². The third-order valence-electron chi connectivity index (χ3n) is 2.64. The van der Waals surface area contributed by atoms with Gasteiger partial charge in [-0.05, 0) is 37.6 Å². The third kappa shape index (κ3) is 2.09. The van der Waals surface area contributed by atoms with Gasteiger partial charge in [-0.1, -0.05) is 11.6 Å². The van der Waals surface area contributed by atoms with Crippen molar-refractivity contribution in [3.63, 3.8) is 0 Å². The first kappa shape index (κ1) is 9.97. The first-order valence-corrected chi connectivity index (χ1v) is 5.19.